The molecule has 4 rings (SSSR count). The summed E-state index contributed by atoms with van der Waals surface area (Å²) in [5.74, 6) is -0.590. The second-order valence-corrected chi connectivity index (χ2v) is 8.62. The van der Waals surface area contributed by atoms with Crippen LogP contribution in [-0.4, -0.2) is 43.6 Å². The summed E-state index contributed by atoms with van der Waals surface area (Å²) in [6, 6.07) is 1.79. The number of alkyl halides is 3. The molecule has 0 bridgehead atoms. The van der Waals surface area contributed by atoms with Crippen molar-refractivity contribution in [2.24, 2.45) is 7.05 Å². The highest BCUT2D eigenvalue weighted by Crippen LogP contribution is 2.47. The van der Waals surface area contributed by atoms with E-state index in [0.717, 1.165) is 18.5 Å². The molecule has 2 aliphatic rings. The molecule has 1 saturated carbocycles. The van der Waals surface area contributed by atoms with Gasteiger partial charge in [0.05, 0.1) is 12.2 Å². The van der Waals surface area contributed by atoms with Gasteiger partial charge in [0.1, 0.15) is 11.4 Å². The summed E-state index contributed by atoms with van der Waals surface area (Å²) < 4.78 is 46.5. The Morgan fingerprint density at radius 2 is 2.03 bits per heavy atom. The van der Waals surface area contributed by atoms with E-state index in [4.69, 9.17) is 4.52 Å². The second-order valence-electron chi connectivity index (χ2n) is 8.62. The predicted molar refractivity (Wildman–Crippen MR) is 95.1 cm³/mol. The molecule has 0 aromatic carbocycles. The van der Waals surface area contributed by atoms with E-state index >= 15 is 0 Å². The third-order valence-corrected chi connectivity index (χ3v) is 6.14. The van der Waals surface area contributed by atoms with Crippen LogP contribution in [0.4, 0.5) is 13.2 Å². The molecule has 1 amide bonds. The number of aliphatic hydroxyl groups is 1. The minimum atomic E-state index is -4.89. The second kappa shape index (κ2) is 6.07. The van der Waals surface area contributed by atoms with Crippen molar-refractivity contribution in [3.8, 4) is 0 Å². The number of hydrogen-bond donors (Lipinski definition) is 1. The monoisotopic (exact) mass is 412 g/mol. The lowest BCUT2D eigenvalue weighted by atomic mass is 9.87. The van der Waals surface area contributed by atoms with Gasteiger partial charge in [0, 0.05) is 30.5 Å². The summed E-state index contributed by atoms with van der Waals surface area (Å²) in [5.41, 5.74) is -2.14. The zero-order valence-electron chi connectivity index (χ0n) is 16.7. The molecule has 3 heterocycles. The van der Waals surface area contributed by atoms with Gasteiger partial charge in [-0.2, -0.15) is 18.3 Å². The van der Waals surface area contributed by atoms with Gasteiger partial charge in [0.15, 0.2) is 5.76 Å². The first-order valence-corrected chi connectivity index (χ1v) is 9.47. The number of aryl methyl sites for hydroxylation is 1. The van der Waals surface area contributed by atoms with E-state index in [1.54, 1.807) is 24.7 Å². The first-order chi connectivity index (χ1) is 13.3. The quantitative estimate of drug-likeness (QED) is 0.838. The molecule has 7 nitrogen and oxygen atoms in total. The SMILES string of the molecule is C[C@H]1CN(C(=O)c2cc(C3(C)CC3)nn2C)Cc2onc([C@@](C)(O)C(F)(F)F)c21. The van der Waals surface area contributed by atoms with Crippen LogP contribution in [0.25, 0.3) is 0 Å². The van der Waals surface area contributed by atoms with Crippen LogP contribution >= 0.6 is 0 Å². The molecule has 29 heavy (non-hydrogen) atoms. The number of halogens is 3. The minimum Gasteiger partial charge on any atom is -0.375 e. The maximum atomic E-state index is 13.3. The van der Waals surface area contributed by atoms with Crippen molar-refractivity contribution >= 4 is 5.91 Å². The number of nitrogens with zero attached hydrogens (tertiary/aromatic N) is 4. The molecule has 1 N–H and O–H groups in total. The van der Waals surface area contributed by atoms with E-state index in [2.05, 4.69) is 17.2 Å². The number of rotatable bonds is 3. The Kier molecular flexibility index (Phi) is 4.17. The Labute approximate surface area is 165 Å². The molecule has 0 saturated heterocycles. The predicted octanol–water partition coefficient (Wildman–Crippen LogP) is 2.99. The van der Waals surface area contributed by atoms with E-state index in [0.29, 0.717) is 12.6 Å². The Morgan fingerprint density at radius 1 is 1.38 bits per heavy atom. The molecule has 158 valence electrons. The smallest absolute Gasteiger partial charge is 0.375 e. The standard InChI is InChI=1S/C19H23F3N4O3/c1-10-8-26(16(27)11-7-13(23-25(11)4)17(2)5-6-17)9-12-14(10)15(24-29-12)18(3,28)19(20,21)22/h7,10,28H,5-6,8-9H2,1-4H3/t10-,18+/m0/s1. The zero-order valence-corrected chi connectivity index (χ0v) is 16.7. The molecule has 0 spiro atoms. The van der Waals surface area contributed by atoms with Crippen LogP contribution < -0.4 is 0 Å². The summed E-state index contributed by atoms with van der Waals surface area (Å²) >= 11 is 0. The number of carbonyl (C=O) groups excluding carboxylic acids is 1. The van der Waals surface area contributed by atoms with Gasteiger partial charge in [-0.3, -0.25) is 9.48 Å². The van der Waals surface area contributed by atoms with Crippen LogP contribution in [0, 0.1) is 0 Å². The van der Waals surface area contributed by atoms with E-state index in [-0.39, 0.29) is 35.7 Å². The van der Waals surface area contributed by atoms with Crippen molar-refractivity contribution in [3.63, 3.8) is 0 Å². The largest absolute Gasteiger partial charge is 0.422 e. The summed E-state index contributed by atoms with van der Waals surface area (Å²) in [5, 5.41) is 18.0. The molecular weight excluding hydrogens is 389 g/mol. The molecule has 0 radical (unpaired) electrons. The topological polar surface area (TPSA) is 84.4 Å². The van der Waals surface area contributed by atoms with Crippen LogP contribution in [0.5, 0.6) is 0 Å². The first-order valence-electron chi connectivity index (χ1n) is 9.47. The van der Waals surface area contributed by atoms with E-state index in [1.807, 2.05) is 0 Å². The van der Waals surface area contributed by atoms with E-state index in [1.165, 1.54) is 4.90 Å². The van der Waals surface area contributed by atoms with Crippen molar-refractivity contribution in [3.05, 3.63) is 34.5 Å². The molecule has 2 aromatic heterocycles. The molecule has 1 aliphatic heterocycles. The van der Waals surface area contributed by atoms with Gasteiger partial charge in [-0.1, -0.05) is 19.0 Å². The normalized spacial score (nSPS) is 22.9. The number of amides is 1. The number of carbonyl (C=O) groups is 1. The van der Waals surface area contributed by atoms with Crippen molar-refractivity contribution in [2.75, 3.05) is 6.54 Å². The third-order valence-electron chi connectivity index (χ3n) is 6.14. The molecule has 1 aliphatic carbocycles. The van der Waals surface area contributed by atoms with Crippen LogP contribution in [-0.2, 0) is 24.6 Å². The van der Waals surface area contributed by atoms with Gasteiger partial charge in [0.2, 0.25) is 5.60 Å². The van der Waals surface area contributed by atoms with Crippen LogP contribution in [0.3, 0.4) is 0 Å². The lowest BCUT2D eigenvalue weighted by Gasteiger charge is -2.32. The highest BCUT2D eigenvalue weighted by Gasteiger charge is 2.55. The molecule has 10 heteroatoms. The molecule has 0 unspecified atom stereocenters. The van der Waals surface area contributed by atoms with Gasteiger partial charge in [-0.05, 0) is 25.8 Å². The van der Waals surface area contributed by atoms with E-state index < -0.39 is 23.4 Å². The lowest BCUT2D eigenvalue weighted by Crippen LogP contribution is -2.42. The van der Waals surface area contributed by atoms with Gasteiger partial charge < -0.3 is 14.5 Å². The fraction of sp³-hybridized carbons (Fsp3) is 0.632. The summed E-state index contributed by atoms with van der Waals surface area (Å²) in [6.45, 7) is 4.61. The van der Waals surface area contributed by atoms with Gasteiger partial charge in [-0.25, -0.2) is 0 Å². The number of hydrogen-bond acceptors (Lipinski definition) is 5. The number of aromatic nitrogens is 3. The van der Waals surface area contributed by atoms with Crippen molar-refractivity contribution in [1.82, 2.24) is 19.8 Å². The maximum Gasteiger partial charge on any atom is 0.422 e. The Balaban J connectivity index is 1.62. The summed E-state index contributed by atoms with van der Waals surface area (Å²) in [6.07, 6.45) is -2.84. The molecule has 2 atom stereocenters. The summed E-state index contributed by atoms with van der Waals surface area (Å²) in [4.78, 5) is 14.6. The Hall–Kier alpha value is -2.36. The lowest BCUT2D eigenvalue weighted by molar-refractivity contribution is -0.261. The first kappa shape index (κ1) is 19.9. The van der Waals surface area contributed by atoms with Gasteiger partial charge >= 0.3 is 6.18 Å². The highest BCUT2D eigenvalue weighted by atomic mass is 19.4. The van der Waals surface area contributed by atoms with Gasteiger partial charge in [-0.15, -0.1) is 0 Å². The maximum absolute atomic E-state index is 13.3. The average Bonchev–Trinajstić information content (AvgIpc) is 3.04. The fourth-order valence-corrected chi connectivity index (χ4v) is 3.82. The molecule has 2 aromatic rings. The summed E-state index contributed by atoms with van der Waals surface area (Å²) in [7, 11) is 1.70. The third kappa shape index (κ3) is 3.04. The average molecular weight is 412 g/mol. The van der Waals surface area contributed by atoms with Crippen LogP contribution in [0.2, 0.25) is 0 Å². The van der Waals surface area contributed by atoms with Crippen molar-refractivity contribution in [1.29, 1.82) is 0 Å². The zero-order chi connectivity index (χ0) is 21.4. The van der Waals surface area contributed by atoms with Crippen LogP contribution in [0.1, 0.15) is 72.7 Å². The van der Waals surface area contributed by atoms with Crippen molar-refractivity contribution in [2.45, 2.75) is 63.3 Å². The highest BCUT2D eigenvalue weighted by molar-refractivity contribution is 5.93. The molecule has 1 fully saturated rings. The molecular formula is C19H23F3N4O3. The van der Waals surface area contributed by atoms with E-state index in [9.17, 15) is 23.1 Å². The van der Waals surface area contributed by atoms with Gasteiger partial charge in [0.25, 0.3) is 5.91 Å². The van der Waals surface area contributed by atoms with Crippen molar-refractivity contribution < 1.29 is 27.6 Å². The fourth-order valence-electron chi connectivity index (χ4n) is 3.82. The minimum absolute atomic E-state index is 0.0155. The number of fused-ring (bicyclic) bond motifs is 1. The Morgan fingerprint density at radius 3 is 2.62 bits per heavy atom. The van der Waals surface area contributed by atoms with Crippen LogP contribution in [0.15, 0.2) is 10.6 Å². The Bertz CT molecular complexity index is 972.